The summed E-state index contributed by atoms with van der Waals surface area (Å²) in [5.41, 5.74) is 6.76. The van der Waals surface area contributed by atoms with Crippen LogP contribution in [0.15, 0.2) is 30.3 Å². The van der Waals surface area contributed by atoms with E-state index < -0.39 is 17.9 Å². The number of nitrogens with zero attached hydrogens (tertiary/aromatic N) is 3. The molecule has 150 valence electrons. The number of carbonyl (C=O) groups excluding carboxylic acids is 2. The van der Waals surface area contributed by atoms with Crippen molar-refractivity contribution < 1.29 is 14.7 Å². The number of hydrogen-bond donors (Lipinski definition) is 3. The summed E-state index contributed by atoms with van der Waals surface area (Å²) in [4.78, 5) is 33.7. The Hall–Kier alpha value is -3.44. The monoisotopic (exact) mass is 393 g/mol. The van der Waals surface area contributed by atoms with Gasteiger partial charge in [0.1, 0.15) is 11.5 Å². The fourth-order valence-corrected chi connectivity index (χ4v) is 2.53. The summed E-state index contributed by atoms with van der Waals surface area (Å²) < 4.78 is 0. The molecule has 1 fully saturated rings. The second-order valence-electron chi connectivity index (χ2n) is 6.85. The van der Waals surface area contributed by atoms with Gasteiger partial charge in [0.2, 0.25) is 0 Å². The molecule has 0 aliphatic heterocycles. The molecule has 0 spiro atoms. The van der Waals surface area contributed by atoms with Crippen molar-refractivity contribution in [3.63, 3.8) is 0 Å². The minimum atomic E-state index is -1.40. The van der Waals surface area contributed by atoms with Gasteiger partial charge in [0, 0.05) is 36.8 Å². The molecule has 2 aromatic rings. The van der Waals surface area contributed by atoms with E-state index in [-0.39, 0.29) is 5.69 Å². The van der Waals surface area contributed by atoms with E-state index in [0.29, 0.717) is 35.4 Å². The van der Waals surface area contributed by atoms with Gasteiger partial charge in [0.15, 0.2) is 11.9 Å². The van der Waals surface area contributed by atoms with Gasteiger partial charge in [-0.2, -0.15) is 0 Å². The molecule has 1 aliphatic carbocycles. The van der Waals surface area contributed by atoms with Crippen LogP contribution in [0.1, 0.15) is 35.8 Å². The summed E-state index contributed by atoms with van der Waals surface area (Å²) in [7, 11) is 1.60. The van der Waals surface area contributed by atoms with Crippen molar-refractivity contribution in [1.82, 2.24) is 14.9 Å². The zero-order valence-corrected chi connectivity index (χ0v) is 16.3. The van der Waals surface area contributed by atoms with E-state index in [9.17, 15) is 14.7 Å². The van der Waals surface area contributed by atoms with Crippen LogP contribution in [0.3, 0.4) is 0 Å². The number of aliphatic hydroxyl groups is 1. The Kier molecular flexibility index (Phi) is 6.10. The number of nitrogens with two attached hydrogens (primary N) is 1. The highest BCUT2D eigenvalue weighted by molar-refractivity contribution is 5.92. The highest BCUT2D eigenvalue weighted by Crippen LogP contribution is 2.25. The van der Waals surface area contributed by atoms with Crippen molar-refractivity contribution in [2.45, 2.75) is 31.9 Å². The van der Waals surface area contributed by atoms with E-state index in [1.54, 1.807) is 37.4 Å². The number of benzene rings is 1. The molecule has 4 N–H and O–H groups in total. The molecule has 0 radical (unpaired) electrons. The standard InChI is InChI=1S/C21H23N5O3/c1-3-26(2)21(29)17(27)10-7-13-5-4-6-14(11-13)20-24-16(19(22)28)12-18(25-20)23-15-8-9-15/h4-6,11-12,15,17,27H,3,8-9H2,1-2H3,(H2,22,28)(H,23,24,25). The van der Waals surface area contributed by atoms with Crippen LogP contribution in [0.2, 0.25) is 0 Å². The highest BCUT2D eigenvalue weighted by atomic mass is 16.3. The summed E-state index contributed by atoms with van der Waals surface area (Å²) in [6, 6.07) is 8.93. The number of rotatable bonds is 6. The zero-order valence-electron chi connectivity index (χ0n) is 16.3. The second kappa shape index (κ2) is 8.71. The summed E-state index contributed by atoms with van der Waals surface area (Å²) >= 11 is 0. The summed E-state index contributed by atoms with van der Waals surface area (Å²) in [6.45, 7) is 2.30. The maximum absolute atomic E-state index is 11.9. The molecule has 8 nitrogen and oxygen atoms in total. The van der Waals surface area contributed by atoms with Crippen LogP contribution < -0.4 is 11.1 Å². The lowest BCUT2D eigenvalue weighted by Crippen LogP contribution is -2.35. The molecule has 2 amide bonds. The van der Waals surface area contributed by atoms with Crippen LogP contribution >= 0.6 is 0 Å². The van der Waals surface area contributed by atoms with Crippen molar-refractivity contribution in [3.8, 4) is 23.2 Å². The Bertz CT molecular complexity index is 991. The smallest absolute Gasteiger partial charge is 0.267 e. The zero-order chi connectivity index (χ0) is 21.0. The quantitative estimate of drug-likeness (QED) is 0.630. The average Bonchev–Trinajstić information content (AvgIpc) is 3.54. The molecule has 0 bridgehead atoms. The fraction of sp³-hybridized carbons (Fsp3) is 0.333. The third-order valence-corrected chi connectivity index (χ3v) is 4.47. The molecule has 0 saturated heterocycles. The maximum atomic E-state index is 11.9. The van der Waals surface area contributed by atoms with Gasteiger partial charge in [-0.1, -0.05) is 24.0 Å². The van der Waals surface area contributed by atoms with Crippen LogP contribution in [0, 0.1) is 11.8 Å². The molecule has 29 heavy (non-hydrogen) atoms. The highest BCUT2D eigenvalue weighted by Gasteiger charge is 2.22. The summed E-state index contributed by atoms with van der Waals surface area (Å²) in [6.07, 6.45) is 0.724. The SMILES string of the molecule is CCN(C)C(=O)C(O)C#Cc1cccc(-c2nc(NC3CC3)cc(C(N)=O)n2)c1. The van der Waals surface area contributed by atoms with E-state index in [1.807, 2.05) is 6.92 Å². The molecule has 1 aliphatic rings. The second-order valence-corrected chi connectivity index (χ2v) is 6.85. The van der Waals surface area contributed by atoms with Crippen LogP contribution in [-0.2, 0) is 4.79 Å². The number of hydrogen-bond acceptors (Lipinski definition) is 6. The summed E-state index contributed by atoms with van der Waals surface area (Å²) in [5.74, 6) is 5.16. The predicted octanol–water partition coefficient (Wildman–Crippen LogP) is 1.01. The molecule has 1 aromatic heterocycles. The minimum Gasteiger partial charge on any atom is -0.372 e. The number of aliphatic hydroxyl groups excluding tert-OH is 1. The van der Waals surface area contributed by atoms with Crippen molar-refractivity contribution in [3.05, 3.63) is 41.6 Å². The molecule has 8 heteroatoms. The number of amides is 2. The predicted molar refractivity (Wildman–Crippen MR) is 109 cm³/mol. The van der Waals surface area contributed by atoms with Gasteiger partial charge >= 0.3 is 0 Å². The molecule has 1 heterocycles. The van der Waals surface area contributed by atoms with Crippen molar-refractivity contribution in [2.24, 2.45) is 5.73 Å². The molecule has 3 rings (SSSR count). The first kappa shape index (κ1) is 20.3. The number of aromatic nitrogens is 2. The van der Waals surface area contributed by atoms with Crippen LogP contribution in [-0.4, -0.2) is 57.5 Å². The van der Waals surface area contributed by atoms with Crippen molar-refractivity contribution in [2.75, 3.05) is 18.9 Å². The Morgan fingerprint density at radius 3 is 2.76 bits per heavy atom. The van der Waals surface area contributed by atoms with Gasteiger partial charge in [-0.05, 0) is 31.9 Å². The Labute approximate surface area is 169 Å². The van der Waals surface area contributed by atoms with Crippen LogP contribution in [0.4, 0.5) is 5.82 Å². The Morgan fingerprint density at radius 1 is 1.34 bits per heavy atom. The number of likely N-dealkylation sites (N-methyl/N-ethyl adjacent to an activating group) is 1. The van der Waals surface area contributed by atoms with E-state index in [2.05, 4.69) is 27.1 Å². The Morgan fingerprint density at radius 2 is 2.10 bits per heavy atom. The molecular formula is C21H23N5O3. The normalized spacial score (nSPS) is 13.8. The van der Waals surface area contributed by atoms with Crippen LogP contribution in [0.5, 0.6) is 0 Å². The number of primary amides is 1. The largest absolute Gasteiger partial charge is 0.372 e. The molecule has 1 unspecified atom stereocenters. The van der Waals surface area contributed by atoms with E-state index in [1.165, 1.54) is 4.90 Å². The van der Waals surface area contributed by atoms with Gasteiger partial charge in [-0.15, -0.1) is 0 Å². The first-order chi connectivity index (χ1) is 13.9. The van der Waals surface area contributed by atoms with Crippen LogP contribution in [0.25, 0.3) is 11.4 Å². The fourth-order valence-electron chi connectivity index (χ4n) is 2.53. The first-order valence-corrected chi connectivity index (χ1v) is 9.37. The lowest BCUT2D eigenvalue weighted by molar-refractivity contribution is -0.135. The van der Waals surface area contributed by atoms with E-state index >= 15 is 0 Å². The molecule has 1 saturated carbocycles. The van der Waals surface area contributed by atoms with E-state index in [0.717, 1.165) is 12.8 Å². The summed E-state index contributed by atoms with van der Waals surface area (Å²) in [5, 5.41) is 13.2. The van der Waals surface area contributed by atoms with Gasteiger partial charge in [-0.3, -0.25) is 9.59 Å². The third kappa shape index (κ3) is 5.30. The average molecular weight is 393 g/mol. The minimum absolute atomic E-state index is 0.123. The van der Waals surface area contributed by atoms with Gasteiger partial charge in [-0.25, -0.2) is 9.97 Å². The van der Waals surface area contributed by atoms with Gasteiger partial charge in [0.25, 0.3) is 11.8 Å². The Balaban J connectivity index is 1.87. The van der Waals surface area contributed by atoms with E-state index in [4.69, 9.17) is 5.73 Å². The molecule has 1 aromatic carbocycles. The number of nitrogens with one attached hydrogen (secondary N) is 1. The number of anilines is 1. The van der Waals surface area contributed by atoms with Gasteiger partial charge < -0.3 is 21.1 Å². The molecular weight excluding hydrogens is 370 g/mol. The lowest BCUT2D eigenvalue weighted by Gasteiger charge is -2.15. The lowest BCUT2D eigenvalue weighted by atomic mass is 10.1. The topological polar surface area (TPSA) is 121 Å². The first-order valence-electron chi connectivity index (χ1n) is 9.37. The molecule has 1 atom stereocenters. The van der Waals surface area contributed by atoms with Crippen molar-refractivity contribution >= 4 is 17.6 Å². The van der Waals surface area contributed by atoms with Crippen molar-refractivity contribution in [1.29, 1.82) is 0 Å². The number of carbonyl (C=O) groups is 2. The van der Waals surface area contributed by atoms with Gasteiger partial charge in [0.05, 0.1) is 0 Å². The maximum Gasteiger partial charge on any atom is 0.267 e. The third-order valence-electron chi connectivity index (χ3n) is 4.47.